The second-order valence-corrected chi connectivity index (χ2v) is 4.65. The summed E-state index contributed by atoms with van der Waals surface area (Å²) in [6.07, 6.45) is 0. The number of nitrogens with two attached hydrogens (primary N) is 1. The van der Waals surface area contributed by atoms with E-state index in [1.54, 1.807) is 55.5 Å². The van der Waals surface area contributed by atoms with Crippen LogP contribution in [-0.4, -0.2) is 11.8 Å². The van der Waals surface area contributed by atoms with Gasteiger partial charge in [0, 0.05) is 22.4 Å². The summed E-state index contributed by atoms with van der Waals surface area (Å²) in [6.45, 7) is 5.07. The van der Waals surface area contributed by atoms with Crippen molar-refractivity contribution in [1.29, 1.82) is 0 Å². The van der Waals surface area contributed by atoms with Gasteiger partial charge in [0.05, 0.1) is 0 Å². The summed E-state index contributed by atoms with van der Waals surface area (Å²) >= 11 is 0. The molecular formula is C17H15NO3. The lowest BCUT2D eigenvalue weighted by Crippen LogP contribution is -2.08. The van der Waals surface area contributed by atoms with Gasteiger partial charge in [-0.3, -0.25) is 4.79 Å². The van der Waals surface area contributed by atoms with Crippen LogP contribution in [0.1, 0.15) is 22.8 Å². The highest BCUT2D eigenvalue weighted by atomic mass is 16.5. The SMILES string of the molecule is C=C(C)C(=O)Oc1ccc(C(=O)c2cccc(N)c2)cc1. The summed E-state index contributed by atoms with van der Waals surface area (Å²) in [4.78, 5) is 23.7. The molecule has 0 saturated heterocycles. The van der Waals surface area contributed by atoms with Crippen LogP contribution in [0.5, 0.6) is 5.75 Å². The molecule has 0 spiro atoms. The molecule has 0 fully saturated rings. The molecule has 0 atom stereocenters. The number of ether oxygens (including phenoxy) is 1. The Hall–Kier alpha value is -2.88. The Labute approximate surface area is 122 Å². The van der Waals surface area contributed by atoms with Crippen LogP contribution in [0, 0.1) is 0 Å². The molecule has 0 aliphatic carbocycles. The molecular weight excluding hydrogens is 266 g/mol. The Bertz CT molecular complexity index is 702. The van der Waals surface area contributed by atoms with Gasteiger partial charge >= 0.3 is 5.97 Å². The van der Waals surface area contributed by atoms with Gasteiger partial charge in [0.25, 0.3) is 0 Å². The molecule has 2 rings (SSSR count). The first-order valence-electron chi connectivity index (χ1n) is 6.35. The van der Waals surface area contributed by atoms with Gasteiger partial charge in [-0.25, -0.2) is 4.79 Å². The molecule has 0 aliphatic heterocycles. The van der Waals surface area contributed by atoms with Crippen LogP contribution in [-0.2, 0) is 4.79 Å². The number of hydrogen-bond acceptors (Lipinski definition) is 4. The minimum absolute atomic E-state index is 0.139. The molecule has 21 heavy (non-hydrogen) atoms. The molecule has 0 aliphatic rings. The summed E-state index contributed by atoms with van der Waals surface area (Å²) in [5.41, 5.74) is 7.53. The maximum Gasteiger partial charge on any atom is 0.338 e. The first-order valence-corrected chi connectivity index (χ1v) is 6.35. The van der Waals surface area contributed by atoms with Gasteiger partial charge < -0.3 is 10.5 Å². The quantitative estimate of drug-likeness (QED) is 0.307. The standard InChI is InChI=1S/C17H15NO3/c1-11(2)17(20)21-15-8-6-12(7-9-15)16(19)13-4-3-5-14(18)10-13/h3-10H,1,18H2,2H3. The summed E-state index contributed by atoms with van der Waals surface area (Å²) in [5, 5.41) is 0. The number of carbonyl (C=O) groups excluding carboxylic acids is 2. The highest BCUT2D eigenvalue weighted by molar-refractivity contribution is 6.09. The molecule has 0 amide bonds. The minimum Gasteiger partial charge on any atom is -0.423 e. The first-order chi connectivity index (χ1) is 9.97. The largest absolute Gasteiger partial charge is 0.423 e. The number of ketones is 1. The maximum atomic E-state index is 12.3. The second-order valence-electron chi connectivity index (χ2n) is 4.65. The zero-order valence-electron chi connectivity index (χ0n) is 11.6. The van der Waals surface area contributed by atoms with Crippen molar-refractivity contribution in [3.8, 4) is 5.75 Å². The predicted molar refractivity (Wildman–Crippen MR) is 81.2 cm³/mol. The normalized spacial score (nSPS) is 9.95. The van der Waals surface area contributed by atoms with Crippen LogP contribution in [0.25, 0.3) is 0 Å². The molecule has 4 heteroatoms. The number of nitrogen functional groups attached to an aromatic ring is 1. The summed E-state index contributed by atoms with van der Waals surface area (Å²) in [6, 6.07) is 13.1. The van der Waals surface area contributed by atoms with Crippen LogP contribution in [0.3, 0.4) is 0 Å². The zero-order valence-corrected chi connectivity index (χ0v) is 11.6. The molecule has 106 valence electrons. The lowest BCUT2D eigenvalue weighted by molar-refractivity contribution is -0.130. The van der Waals surface area contributed by atoms with Crippen molar-refractivity contribution in [3.05, 3.63) is 71.8 Å². The van der Waals surface area contributed by atoms with Crippen LogP contribution in [0.2, 0.25) is 0 Å². The van der Waals surface area contributed by atoms with E-state index in [4.69, 9.17) is 10.5 Å². The molecule has 0 bridgehead atoms. The Morgan fingerprint density at radius 3 is 2.29 bits per heavy atom. The van der Waals surface area contributed by atoms with Crippen LogP contribution < -0.4 is 10.5 Å². The monoisotopic (exact) mass is 281 g/mol. The number of benzene rings is 2. The maximum absolute atomic E-state index is 12.3. The molecule has 4 nitrogen and oxygen atoms in total. The number of carbonyl (C=O) groups is 2. The Balaban J connectivity index is 2.17. The Morgan fingerprint density at radius 1 is 1.05 bits per heavy atom. The van der Waals surface area contributed by atoms with Gasteiger partial charge in [0.15, 0.2) is 5.78 Å². The fourth-order valence-corrected chi connectivity index (χ4v) is 1.72. The fourth-order valence-electron chi connectivity index (χ4n) is 1.72. The molecule has 2 N–H and O–H groups in total. The third-order valence-electron chi connectivity index (χ3n) is 2.82. The van der Waals surface area contributed by atoms with E-state index < -0.39 is 5.97 Å². The third-order valence-corrected chi connectivity index (χ3v) is 2.82. The van der Waals surface area contributed by atoms with Crippen LogP contribution >= 0.6 is 0 Å². The van der Waals surface area contributed by atoms with Crippen molar-refractivity contribution in [2.24, 2.45) is 0 Å². The van der Waals surface area contributed by atoms with E-state index in [2.05, 4.69) is 6.58 Å². The van der Waals surface area contributed by atoms with Gasteiger partial charge in [-0.15, -0.1) is 0 Å². The highest BCUT2D eigenvalue weighted by Crippen LogP contribution is 2.17. The van der Waals surface area contributed by atoms with E-state index in [1.165, 1.54) is 0 Å². The van der Waals surface area contributed by atoms with Crippen molar-refractivity contribution in [1.82, 2.24) is 0 Å². The molecule has 0 radical (unpaired) electrons. The highest BCUT2D eigenvalue weighted by Gasteiger charge is 2.10. The first kappa shape index (κ1) is 14.5. The Kier molecular flexibility index (Phi) is 4.18. The van der Waals surface area contributed by atoms with E-state index in [0.717, 1.165) is 0 Å². The van der Waals surface area contributed by atoms with Crippen molar-refractivity contribution in [3.63, 3.8) is 0 Å². The topological polar surface area (TPSA) is 69.4 Å². The van der Waals surface area contributed by atoms with Gasteiger partial charge in [-0.1, -0.05) is 18.7 Å². The number of rotatable bonds is 4. The fraction of sp³-hybridized carbons (Fsp3) is 0.0588. The van der Waals surface area contributed by atoms with E-state index in [9.17, 15) is 9.59 Å². The number of hydrogen-bond donors (Lipinski definition) is 1. The third kappa shape index (κ3) is 3.57. The van der Waals surface area contributed by atoms with Gasteiger partial charge in [0.1, 0.15) is 5.75 Å². The Morgan fingerprint density at radius 2 is 1.71 bits per heavy atom. The predicted octanol–water partition coefficient (Wildman–Crippen LogP) is 2.98. The number of esters is 1. The van der Waals surface area contributed by atoms with E-state index >= 15 is 0 Å². The number of anilines is 1. The second kappa shape index (κ2) is 6.05. The molecule has 0 unspecified atom stereocenters. The molecule has 0 saturated carbocycles. The molecule has 2 aromatic rings. The lowest BCUT2D eigenvalue weighted by atomic mass is 10.0. The molecule has 0 aromatic heterocycles. The molecule has 2 aromatic carbocycles. The van der Waals surface area contributed by atoms with Crippen LogP contribution in [0.4, 0.5) is 5.69 Å². The smallest absolute Gasteiger partial charge is 0.338 e. The molecule has 0 heterocycles. The van der Waals surface area contributed by atoms with Gasteiger partial charge in [-0.2, -0.15) is 0 Å². The van der Waals surface area contributed by atoms with Crippen molar-refractivity contribution in [2.45, 2.75) is 6.92 Å². The van der Waals surface area contributed by atoms with Crippen molar-refractivity contribution < 1.29 is 14.3 Å². The summed E-state index contributed by atoms with van der Waals surface area (Å²) < 4.78 is 5.07. The average molecular weight is 281 g/mol. The minimum atomic E-state index is -0.495. The van der Waals surface area contributed by atoms with Crippen molar-refractivity contribution >= 4 is 17.4 Å². The van der Waals surface area contributed by atoms with Gasteiger partial charge in [-0.05, 0) is 43.3 Å². The van der Waals surface area contributed by atoms with E-state index in [-0.39, 0.29) is 5.78 Å². The summed E-state index contributed by atoms with van der Waals surface area (Å²) in [5.74, 6) is -0.267. The van der Waals surface area contributed by atoms with Crippen LogP contribution in [0.15, 0.2) is 60.7 Å². The van der Waals surface area contributed by atoms with E-state index in [1.807, 2.05) is 0 Å². The average Bonchev–Trinajstić information content (AvgIpc) is 2.47. The lowest BCUT2D eigenvalue weighted by Gasteiger charge is -2.05. The van der Waals surface area contributed by atoms with Gasteiger partial charge in [0.2, 0.25) is 0 Å². The summed E-state index contributed by atoms with van der Waals surface area (Å²) in [7, 11) is 0. The van der Waals surface area contributed by atoms with Crippen molar-refractivity contribution in [2.75, 3.05) is 5.73 Å². The van der Waals surface area contributed by atoms with E-state index in [0.29, 0.717) is 28.1 Å². The zero-order chi connectivity index (χ0) is 15.4.